The minimum Gasteiger partial charge on any atom is -0.484 e. The number of anilines is 1. The molecule has 0 atom stereocenters. The van der Waals surface area contributed by atoms with Gasteiger partial charge in [-0.3, -0.25) is 14.9 Å². The van der Waals surface area contributed by atoms with E-state index in [2.05, 4.69) is 10.3 Å². The number of carbonyl (C=O) groups is 1. The number of ether oxygens (including phenoxy) is 1. The molecule has 0 aliphatic rings. The number of nitrogens with zero attached hydrogens (tertiary/aromatic N) is 1. The number of rotatable bonds is 4. The molecule has 2 heterocycles. The highest BCUT2D eigenvalue weighted by Gasteiger charge is 2.10. The van der Waals surface area contributed by atoms with Gasteiger partial charge in [0.05, 0.1) is 21.9 Å². The van der Waals surface area contributed by atoms with Crippen LogP contribution in [-0.2, 0) is 4.79 Å². The first-order chi connectivity index (χ1) is 12.6. The second-order valence-electron chi connectivity index (χ2n) is 5.41. The van der Waals surface area contributed by atoms with E-state index < -0.39 is 5.91 Å². The maximum absolute atomic E-state index is 13.2. The third kappa shape index (κ3) is 3.27. The summed E-state index contributed by atoms with van der Waals surface area (Å²) in [6, 6.07) is 10.3. The molecule has 0 radical (unpaired) electrons. The van der Waals surface area contributed by atoms with Crippen molar-refractivity contribution >= 4 is 43.6 Å². The van der Waals surface area contributed by atoms with Gasteiger partial charge in [-0.15, -0.1) is 0 Å². The summed E-state index contributed by atoms with van der Waals surface area (Å²) in [7, 11) is 0. The van der Waals surface area contributed by atoms with E-state index in [9.17, 15) is 14.0 Å². The zero-order valence-electron chi connectivity index (χ0n) is 13.2. The number of carbonyl (C=O) groups excluding carboxylic acids is 1. The van der Waals surface area contributed by atoms with Gasteiger partial charge in [-0.05, 0) is 30.3 Å². The Morgan fingerprint density at radius 2 is 2.12 bits per heavy atom. The molecule has 0 bridgehead atoms. The fourth-order valence-corrected chi connectivity index (χ4v) is 3.32. The predicted octanol–water partition coefficient (Wildman–Crippen LogP) is 3.56. The molecule has 0 spiro atoms. The van der Waals surface area contributed by atoms with Gasteiger partial charge in [0.15, 0.2) is 17.2 Å². The summed E-state index contributed by atoms with van der Waals surface area (Å²) in [5, 5.41) is 3.42. The van der Waals surface area contributed by atoms with Gasteiger partial charge in [0.2, 0.25) is 0 Å². The Bertz CT molecular complexity index is 1180. The van der Waals surface area contributed by atoms with Crippen molar-refractivity contribution in [2.45, 2.75) is 0 Å². The second-order valence-corrected chi connectivity index (χ2v) is 6.44. The van der Waals surface area contributed by atoms with E-state index >= 15 is 0 Å². The van der Waals surface area contributed by atoms with Crippen LogP contribution in [0.15, 0.2) is 57.9 Å². The lowest BCUT2D eigenvalue weighted by atomic mass is 10.2. The number of aromatic nitrogens is 1. The first-order valence-corrected chi connectivity index (χ1v) is 8.40. The molecule has 0 aliphatic carbocycles. The topological polar surface area (TPSA) is 81.4 Å². The summed E-state index contributed by atoms with van der Waals surface area (Å²) in [6.07, 6.45) is 1.30. The number of benzene rings is 2. The maximum Gasteiger partial charge on any atom is 0.264 e. The second kappa shape index (κ2) is 6.57. The van der Waals surface area contributed by atoms with Crippen LogP contribution < -0.4 is 15.5 Å². The summed E-state index contributed by atoms with van der Waals surface area (Å²) in [5.74, 6) is -0.363. The first-order valence-electron chi connectivity index (χ1n) is 7.59. The zero-order valence-corrected chi connectivity index (χ0v) is 14.0. The van der Waals surface area contributed by atoms with Crippen LogP contribution in [0.4, 0.5) is 9.52 Å². The van der Waals surface area contributed by atoms with Gasteiger partial charge in [-0.2, -0.15) is 0 Å². The molecule has 2 aromatic carbocycles. The fourth-order valence-electron chi connectivity index (χ4n) is 2.41. The van der Waals surface area contributed by atoms with E-state index in [4.69, 9.17) is 9.15 Å². The van der Waals surface area contributed by atoms with Crippen LogP contribution in [0.1, 0.15) is 0 Å². The minimum atomic E-state index is -0.404. The van der Waals surface area contributed by atoms with Crippen LogP contribution in [0.3, 0.4) is 0 Å². The zero-order chi connectivity index (χ0) is 18.1. The number of halogens is 1. The molecule has 26 heavy (non-hydrogen) atoms. The summed E-state index contributed by atoms with van der Waals surface area (Å²) >= 11 is 1.18. The van der Waals surface area contributed by atoms with Gasteiger partial charge in [0, 0.05) is 12.1 Å². The van der Waals surface area contributed by atoms with Crippen molar-refractivity contribution in [3.63, 3.8) is 0 Å². The van der Waals surface area contributed by atoms with Gasteiger partial charge >= 0.3 is 0 Å². The van der Waals surface area contributed by atoms with Crippen molar-refractivity contribution in [1.82, 2.24) is 4.98 Å². The van der Waals surface area contributed by atoms with Crippen LogP contribution in [-0.4, -0.2) is 17.5 Å². The molecule has 0 saturated heterocycles. The van der Waals surface area contributed by atoms with E-state index in [1.165, 1.54) is 35.8 Å². The van der Waals surface area contributed by atoms with Gasteiger partial charge in [-0.1, -0.05) is 11.3 Å². The average molecular weight is 370 g/mol. The number of hydrogen-bond acceptors (Lipinski definition) is 6. The molecule has 0 unspecified atom stereocenters. The Labute approximate surface area is 149 Å². The van der Waals surface area contributed by atoms with Crippen LogP contribution in [0, 0.1) is 5.82 Å². The molecular formula is C18H11FN2O4S. The van der Waals surface area contributed by atoms with Gasteiger partial charge in [0.1, 0.15) is 17.1 Å². The summed E-state index contributed by atoms with van der Waals surface area (Å²) in [4.78, 5) is 27.9. The SMILES string of the molecule is O=C(COc1ccc2c(=O)ccoc2c1)Nc1nc2ccc(F)cc2s1. The van der Waals surface area contributed by atoms with Gasteiger partial charge < -0.3 is 9.15 Å². The lowest BCUT2D eigenvalue weighted by Gasteiger charge is -2.06. The third-order valence-corrected chi connectivity index (χ3v) is 4.53. The standard InChI is InChI=1S/C18H11FN2O4S/c19-10-1-4-13-16(7-10)26-18(20-13)21-17(23)9-25-11-2-3-12-14(22)5-6-24-15(12)8-11/h1-8H,9H2,(H,20,21,23). The van der Waals surface area contributed by atoms with E-state index in [0.29, 0.717) is 32.1 Å². The van der Waals surface area contributed by atoms with Crippen LogP contribution >= 0.6 is 11.3 Å². The Kier molecular flexibility index (Phi) is 4.10. The monoisotopic (exact) mass is 370 g/mol. The van der Waals surface area contributed by atoms with Crippen molar-refractivity contribution in [3.8, 4) is 5.75 Å². The normalized spacial score (nSPS) is 11.0. The Morgan fingerprint density at radius 1 is 1.23 bits per heavy atom. The van der Waals surface area contributed by atoms with E-state index in [-0.39, 0.29) is 17.9 Å². The van der Waals surface area contributed by atoms with Crippen molar-refractivity contribution in [2.75, 3.05) is 11.9 Å². The number of nitrogens with one attached hydrogen (secondary N) is 1. The average Bonchev–Trinajstić information content (AvgIpc) is 3.01. The molecule has 1 N–H and O–H groups in total. The van der Waals surface area contributed by atoms with Crippen LogP contribution in [0.2, 0.25) is 0 Å². The Morgan fingerprint density at radius 3 is 3.00 bits per heavy atom. The van der Waals surface area contributed by atoms with E-state index in [1.54, 1.807) is 24.3 Å². The van der Waals surface area contributed by atoms with E-state index in [0.717, 1.165) is 0 Å². The van der Waals surface area contributed by atoms with Crippen molar-refractivity contribution in [3.05, 3.63) is 64.8 Å². The number of hydrogen-bond donors (Lipinski definition) is 1. The Hall–Kier alpha value is -3.26. The molecule has 6 nitrogen and oxygen atoms in total. The molecule has 2 aromatic heterocycles. The van der Waals surface area contributed by atoms with Gasteiger partial charge in [-0.25, -0.2) is 9.37 Å². The van der Waals surface area contributed by atoms with E-state index in [1.807, 2.05) is 0 Å². The summed E-state index contributed by atoms with van der Waals surface area (Å²) in [5.41, 5.74) is 0.837. The van der Waals surface area contributed by atoms with Crippen LogP contribution in [0.25, 0.3) is 21.2 Å². The number of thiazole rings is 1. The van der Waals surface area contributed by atoms with Crippen molar-refractivity contribution in [1.29, 1.82) is 0 Å². The summed E-state index contributed by atoms with van der Waals surface area (Å²) in [6.45, 7) is -0.243. The highest BCUT2D eigenvalue weighted by atomic mass is 32.1. The molecule has 130 valence electrons. The molecule has 0 fully saturated rings. The maximum atomic E-state index is 13.2. The van der Waals surface area contributed by atoms with Crippen molar-refractivity contribution in [2.24, 2.45) is 0 Å². The largest absolute Gasteiger partial charge is 0.484 e. The summed E-state index contributed by atoms with van der Waals surface area (Å²) < 4.78 is 24.5. The molecule has 0 aliphatic heterocycles. The molecule has 4 aromatic rings. The highest BCUT2D eigenvalue weighted by Crippen LogP contribution is 2.26. The first kappa shape index (κ1) is 16.2. The highest BCUT2D eigenvalue weighted by molar-refractivity contribution is 7.22. The molecular weight excluding hydrogens is 359 g/mol. The third-order valence-electron chi connectivity index (χ3n) is 3.60. The molecule has 8 heteroatoms. The minimum absolute atomic E-state index is 0.150. The quantitative estimate of drug-likeness (QED) is 0.594. The smallest absolute Gasteiger partial charge is 0.264 e. The Balaban J connectivity index is 1.44. The lowest BCUT2D eigenvalue weighted by molar-refractivity contribution is -0.118. The van der Waals surface area contributed by atoms with Crippen LogP contribution in [0.5, 0.6) is 5.75 Å². The van der Waals surface area contributed by atoms with Crippen molar-refractivity contribution < 1.29 is 18.3 Å². The molecule has 4 rings (SSSR count). The molecule has 1 amide bonds. The van der Waals surface area contributed by atoms with Gasteiger partial charge in [0.25, 0.3) is 5.91 Å². The fraction of sp³-hybridized carbons (Fsp3) is 0.0556. The lowest BCUT2D eigenvalue weighted by Crippen LogP contribution is -2.20. The predicted molar refractivity (Wildman–Crippen MR) is 96.2 cm³/mol. The number of fused-ring (bicyclic) bond motifs is 2. The molecule has 0 saturated carbocycles. The number of amides is 1.